The summed E-state index contributed by atoms with van der Waals surface area (Å²) in [5.41, 5.74) is 1.14. The van der Waals surface area contributed by atoms with E-state index in [9.17, 15) is 0 Å². The normalized spacial score (nSPS) is 10.1. The number of likely N-dealkylation sites (N-methyl/N-ethyl adjacent to an activating group) is 1. The fraction of sp³-hybridized carbons (Fsp3) is 0.300. The lowest BCUT2D eigenvalue weighted by Crippen LogP contribution is -2.10. The molecule has 4 heteroatoms. The third-order valence-corrected chi connectivity index (χ3v) is 3.13. The maximum Gasteiger partial charge on any atom is 0.115 e. The second-order valence-electron chi connectivity index (χ2n) is 2.86. The summed E-state index contributed by atoms with van der Waals surface area (Å²) in [6, 6.07) is 3.67. The molecule has 0 amide bonds. The van der Waals surface area contributed by atoms with E-state index in [0.29, 0.717) is 5.02 Å². The van der Waals surface area contributed by atoms with Crippen LogP contribution in [0.2, 0.25) is 5.02 Å². The van der Waals surface area contributed by atoms with Crippen LogP contribution in [0.25, 0.3) is 0 Å². The summed E-state index contributed by atoms with van der Waals surface area (Å²) >= 11 is 7.57. The van der Waals surface area contributed by atoms with Gasteiger partial charge in [0.25, 0.3) is 0 Å². The van der Waals surface area contributed by atoms with Crippen molar-refractivity contribution in [3.63, 3.8) is 0 Å². The summed E-state index contributed by atoms with van der Waals surface area (Å²) in [4.78, 5) is 4.18. The highest BCUT2D eigenvalue weighted by Crippen LogP contribution is 2.25. The number of aromatic nitrogens is 1. The van der Waals surface area contributed by atoms with E-state index in [1.165, 1.54) is 0 Å². The largest absolute Gasteiger partial charge is 0.316 e. The first-order valence-corrected chi connectivity index (χ1v) is 5.65. The van der Waals surface area contributed by atoms with Crippen LogP contribution >= 0.6 is 23.4 Å². The Hall–Kier alpha value is -0.510. The predicted molar refractivity (Wildman–Crippen MR) is 63.0 cm³/mol. The fourth-order valence-electron chi connectivity index (χ4n) is 0.949. The van der Waals surface area contributed by atoms with Crippen molar-refractivity contribution < 1.29 is 0 Å². The minimum atomic E-state index is 0.703. The van der Waals surface area contributed by atoms with Crippen molar-refractivity contribution in [3.8, 4) is 0 Å². The van der Waals surface area contributed by atoms with Crippen LogP contribution in [0.3, 0.4) is 0 Å². The number of pyridine rings is 1. The van der Waals surface area contributed by atoms with Gasteiger partial charge < -0.3 is 5.32 Å². The van der Waals surface area contributed by atoms with E-state index < -0.39 is 0 Å². The highest BCUT2D eigenvalue weighted by Gasteiger charge is 2.01. The summed E-state index contributed by atoms with van der Waals surface area (Å²) in [5, 5.41) is 4.62. The molecule has 1 N–H and O–H groups in total. The molecule has 1 rings (SSSR count). The molecule has 0 saturated carbocycles. The Balaban J connectivity index is 2.46. The summed E-state index contributed by atoms with van der Waals surface area (Å²) in [7, 11) is 1.91. The monoisotopic (exact) mass is 228 g/mol. The van der Waals surface area contributed by atoms with Crippen molar-refractivity contribution in [2.45, 2.75) is 5.03 Å². The smallest absolute Gasteiger partial charge is 0.115 e. The van der Waals surface area contributed by atoms with Crippen molar-refractivity contribution in [2.24, 2.45) is 0 Å². The molecule has 0 radical (unpaired) electrons. The summed E-state index contributed by atoms with van der Waals surface area (Å²) in [6.07, 6.45) is 1.75. The number of hydrogen-bond acceptors (Lipinski definition) is 3. The Kier molecular flexibility index (Phi) is 5.01. The molecular formula is C10H13ClN2S. The zero-order valence-electron chi connectivity index (χ0n) is 8.09. The first-order chi connectivity index (χ1) is 6.74. The van der Waals surface area contributed by atoms with Crippen LogP contribution in [0.5, 0.6) is 0 Å². The fourth-order valence-corrected chi connectivity index (χ4v) is 2.02. The minimum absolute atomic E-state index is 0.703. The summed E-state index contributed by atoms with van der Waals surface area (Å²) < 4.78 is 0. The molecule has 0 bridgehead atoms. The zero-order valence-corrected chi connectivity index (χ0v) is 9.66. The quantitative estimate of drug-likeness (QED) is 0.620. The van der Waals surface area contributed by atoms with Crippen LogP contribution in [-0.4, -0.2) is 24.3 Å². The Morgan fingerprint density at radius 1 is 1.71 bits per heavy atom. The van der Waals surface area contributed by atoms with Crippen LogP contribution in [0.4, 0.5) is 0 Å². The molecule has 1 aromatic heterocycles. The molecule has 1 heterocycles. The van der Waals surface area contributed by atoms with E-state index in [2.05, 4.69) is 16.9 Å². The zero-order chi connectivity index (χ0) is 10.4. The van der Waals surface area contributed by atoms with Gasteiger partial charge in [-0.15, -0.1) is 11.8 Å². The molecule has 0 aromatic carbocycles. The third-order valence-electron chi connectivity index (χ3n) is 1.56. The molecule has 0 fully saturated rings. The average Bonchev–Trinajstić information content (AvgIpc) is 2.17. The number of thioether (sulfide) groups is 1. The van der Waals surface area contributed by atoms with Gasteiger partial charge in [-0.1, -0.05) is 23.8 Å². The summed E-state index contributed by atoms with van der Waals surface area (Å²) in [6.45, 7) is 4.77. The number of halogens is 1. The molecule has 0 saturated heterocycles. The second-order valence-corrected chi connectivity index (χ2v) is 4.23. The van der Waals surface area contributed by atoms with Gasteiger partial charge in [-0.2, -0.15) is 0 Å². The van der Waals surface area contributed by atoms with Crippen LogP contribution in [0.15, 0.2) is 35.5 Å². The van der Waals surface area contributed by atoms with Gasteiger partial charge >= 0.3 is 0 Å². The molecule has 14 heavy (non-hydrogen) atoms. The maximum absolute atomic E-state index is 5.96. The SMILES string of the molecule is C=C(CNC)CSc1ncccc1Cl. The van der Waals surface area contributed by atoms with Gasteiger partial charge in [-0.3, -0.25) is 0 Å². The van der Waals surface area contributed by atoms with E-state index >= 15 is 0 Å². The third kappa shape index (κ3) is 3.70. The molecule has 0 aliphatic rings. The first kappa shape index (κ1) is 11.6. The van der Waals surface area contributed by atoms with Gasteiger partial charge in [0.1, 0.15) is 5.03 Å². The van der Waals surface area contributed by atoms with Gasteiger partial charge in [0.05, 0.1) is 5.02 Å². The molecule has 0 aliphatic carbocycles. The Morgan fingerprint density at radius 2 is 2.50 bits per heavy atom. The Labute approximate surface area is 93.8 Å². The molecule has 1 aromatic rings. The topological polar surface area (TPSA) is 24.9 Å². The van der Waals surface area contributed by atoms with E-state index in [1.54, 1.807) is 18.0 Å². The van der Waals surface area contributed by atoms with Crippen molar-refractivity contribution in [3.05, 3.63) is 35.5 Å². The number of hydrogen-bond donors (Lipinski definition) is 1. The number of nitrogens with one attached hydrogen (secondary N) is 1. The van der Waals surface area contributed by atoms with Gasteiger partial charge in [0.15, 0.2) is 0 Å². The molecule has 0 atom stereocenters. The molecule has 0 unspecified atom stereocenters. The van der Waals surface area contributed by atoms with Gasteiger partial charge in [-0.25, -0.2) is 4.98 Å². The van der Waals surface area contributed by atoms with E-state index in [0.717, 1.165) is 22.9 Å². The Bertz CT molecular complexity index is 315. The first-order valence-electron chi connectivity index (χ1n) is 4.28. The molecular weight excluding hydrogens is 216 g/mol. The van der Waals surface area contributed by atoms with Crippen LogP contribution < -0.4 is 5.32 Å². The highest BCUT2D eigenvalue weighted by molar-refractivity contribution is 7.99. The lowest BCUT2D eigenvalue weighted by atomic mass is 10.3. The van der Waals surface area contributed by atoms with Crippen molar-refractivity contribution in [1.82, 2.24) is 10.3 Å². The summed E-state index contributed by atoms with van der Waals surface area (Å²) in [5.74, 6) is 0.845. The molecule has 0 aliphatic heterocycles. The van der Waals surface area contributed by atoms with Crippen LogP contribution in [-0.2, 0) is 0 Å². The lowest BCUT2D eigenvalue weighted by Gasteiger charge is -2.04. The standard InChI is InChI=1S/C10H13ClN2S/c1-8(6-12-2)7-14-10-9(11)4-3-5-13-10/h3-5,12H,1,6-7H2,2H3. The second kappa shape index (κ2) is 6.06. The molecule has 0 spiro atoms. The van der Waals surface area contributed by atoms with Crippen molar-refractivity contribution in [1.29, 1.82) is 0 Å². The van der Waals surface area contributed by atoms with Gasteiger partial charge in [0, 0.05) is 18.5 Å². The van der Waals surface area contributed by atoms with E-state index in [4.69, 9.17) is 11.6 Å². The molecule has 76 valence electrons. The minimum Gasteiger partial charge on any atom is -0.316 e. The number of rotatable bonds is 5. The average molecular weight is 229 g/mol. The molecule has 2 nitrogen and oxygen atoms in total. The van der Waals surface area contributed by atoms with E-state index in [-0.39, 0.29) is 0 Å². The number of nitrogens with zero attached hydrogens (tertiary/aromatic N) is 1. The Morgan fingerprint density at radius 3 is 3.14 bits per heavy atom. The van der Waals surface area contributed by atoms with Crippen molar-refractivity contribution >= 4 is 23.4 Å². The highest BCUT2D eigenvalue weighted by atomic mass is 35.5. The lowest BCUT2D eigenvalue weighted by molar-refractivity contribution is 0.885. The van der Waals surface area contributed by atoms with Crippen molar-refractivity contribution in [2.75, 3.05) is 19.3 Å². The van der Waals surface area contributed by atoms with Gasteiger partial charge in [-0.05, 0) is 19.2 Å². The maximum atomic E-state index is 5.96. The predicted octanol–water partition coefficient (Wildman–Crippen LogP) is 2.60. The van der Waals surface area contributed by atoms with Gasteiger partial charge in [0.2, 0.25) is 0 Å². The van der Waals surface area contributed by atoms with Crippen LogP contribution in [0.1, 0.15) is 0 Å². The van der Waals surface area contributed by atoms with E-state index in [1.807, 2.05) is 19.2 Å². The van der Waals surface area contributed by atoms with Crippen LogP contribution in [0, 0.1) is 0 Å².